The van der Waals surface area contributed by atoms with Crippen molar-refractivity contribution >= 4 is 35.0 Å². The Hall–Kier alpha value is -2.05. The van der Waals surface area contributed by atoms with E-state index in [0.717, 1.165) is 17.1 Å². The molecular weight excluding hydrogens is 360 g/mol. The average Bonchev–Trinajstić information content (AvgIpc) is 2.60. The molecule has 0 bridgehead atoms. The first-order valence-corrected chi connectivity index (χ1v) is 9.18. The maximum Gasteiger partial charge on any atom is 0.274 e. The number of thioether (sulfide) groups is 1. The van der Waals surface area contributed by atoms with E-state index >= 15 is 0 Å². The van der Waals surface area contributed by atoms with Crippen LogP contribution >= 0.6 is 23.4 Å². The molecule has 1 amide bonds. The Bertz CT molecular complexity index is 737. The molecule has 0 aromatic heterocycles. The fraction of sp³-hybridized carbons (Fsp3) is 0.278. The number of halogens is 1. The van der Waals surface area contributed by atoms with Crippen LogP contribution in [0.25, 0.3) is 0 Å². The SMILES string of the molecule is CN(Cc1ccccc1[N+](=O)[O-])C(=O)CCCSc1ccc(Cl)cc1. The van der Waals surface area contributed by atoms with E-state index < -0.39 is 4.92 Å². The lowest BCUT2D eigenvalue weighted by atomic mass is 10.1. The topological polar surface area (TPSA) is 63.4 Å². The minimum atomic E-state index is -0.420. The zero-order valence-corrected chi connectivity index (χ0v) is 15.4. The number of para-hydroxylation sites is 1. The highest BCUT2D eigenvalue weighted by Crippen LogP contribution is 2.22. The number of nitro benzene ring substituents is 1. The van der Waals surface area contributed by atoms with Gasteiger partial charge < -0.3 is 4.90 Å². The summed E-state index contributed by atoms with van der Waals surface area (Å²) in [7, 11) is 1.67. The van der Waals surface area contributed by atoms with Gasteiger partial charge in [-0.1, -0.05) is 29.8 Å². The second kappa shape index (κ2) is 9.44. The number of carbonyl (C=O) groups excluding carboxylic acids is 1. The molecule has 0 saturated heterocycles. The van der Waals surface area contributed by atoms with Crippen molar-refractivity contribution in [3.63, 3.8) is 0 Å². The third-order valence-electron chi connectivity index (χ3n) is 3.64. The Morgan fingerprint density at radius 2 is 1.88 bits per heavy atom. The Morgan fingerprint density at radius 3 is 2.56 bits per heavy atom. The van der Waals surface area contributed by atoms with Crippen molar-refractivity contribution < 1.29 is 9.72 Å². The van der Waals surface area contributed by atoms with Gasteiger partial charge in [-0.2, -0.15) is 0 Å². The third-order valence-corrected chi connectivity index (χ3v) is 4.99. The molecule has 7 heteroatoms. The van der Waals surface area contributed by atoms with E-state index in [1.807, 2.05) is 24.3 Å². The first-order valence-electron chi connectivity index (χ1n) is 7.82. The second-order valence-corrected chi connectivity index (χ2v) is 7.15. The van der Waals surface area contributed by atoms with E-state index in [1.54, 1.807) is 37.0 Å². The number of nitro groups is 1. The number of nitrogens with zero attached hydrogens (tertiary/aromatic N) is 2. The van der Waals surface area contributed by atoms with E-state index in [1.165, 1.54) is 11.0 Å². The molecule has 0 saturated carbocycles. The van der Waals surface area contributed by atoms with Gasteiger partial charge in [0.2, 0.25) is 5.91 Å². The minimum absolute atomic E-state index is 0.0187. The maximum atomic E-state index is 12.2. The molecule has 2 aromatic rings. The fourth-order valence-electron chi connectivity index (χ4n) is 2.30. The lowest BCUT2D eigenvalue weighted by Gasteiger charge is -2.17. The molecule has 0 fully saturated rings. The smallest absolute Gasteiger partial charge is 0.274 e. The number of hydrogen-bond acceptors (Lipinski definition) is 4. The van der Waals surface area contributed by atoms with Crippen molar-refractivity contribution in [3.8, 4) is 0 Å². The number of benzene rings is 2. The molecule has 5 nitrogen and oxygen atoms in total. The van der Waals surface area contributed by atoms with Crippen LogP contribution in [0.1, 0.15) is 18.4 Å². The summed E-state index contributed by atoms with van der Waals surface area (Å²) in [6, 6.07) is 14.1. The number of amides is 1. The summed E-state index contributed by atoms with van der Waals surface area (Å²) in [5.41, 5.74) is 0.583. The van der Waals surface area contributed by atoms with Crippen LogP contribution in [0.15, 0.2) is 53.4 Å². The predicted octanol–water partition coefficient (Wildman–Crippen LogP) is 4.78. The van der Waals surface area contributed by atoms with Crippen molar-refractivity contribution in [1.29, 1.82) is 0 Å². The van der Waals surface area contributed by atoms with E-state index in [2.05, 4.69) is 0 Å². The fourth-order valence-corrected chi connectivity index (χ4v) is 3.28. The highest BCUT2D eigenvalue weighted by atomic mass is 35.5. The maximum absolute atomic E-state index is 12.2. The van der Waals surface area contributed by atoms with Gasteiger partial charge in [-0.15, -0.1) is 11.8 Å². The Morgan fingerprint density at radius 1 is 1.20 bits per heavy atom. The molecule has 0 heterocycles. The molecule has 0 aliphatic rings. The summed E-state index contributed by atoms with van der Waals surface area (Å²) >= 11 is 7.52. The zero-order valence-electron chi connectivity index (χ0n) is 13.9. The molecule has 2 aromatic carbocycles. The lowest BCUT2D eigenvalue weighted by Crippen LogP contribution is -2.26. The Kier molecular flexibility index (Phi) is 7.28. The van der Waals surface area contributed by atoms with Crippen molar-refractivity contribution in [2.24, 2.45) is 0 Å². The van der Waals surface area contributed by atoms with Crippen LogP contribution in [-0.4, -0.2) is 28.5 Å². The van der Waals surface area contributed by atoms with Gasteiger partial charge in [0.25, 0.3) is 5.69 Å². The summed E-state index contributed by atoms with van der Waals surface area (Å²) in [6.45, 7) is 0.236. The second-order valence-electron chi connectivity index (χ2n) is 5.54. The molecular formula is C18H19ClN2O3S. The first-order chi connectivity index (χ1) is 12.0. The van der Waals surface area contributed by atoms with Crippen LogP contribution in [0.5, 0.6) is 0 Å². The van der Waals surface area contributed by atoms with Crippen molar-refractivity contribution in [1.82, 2.24) is 4.90 Å². The van der Waals surface area contributed by atoms with Crippen molar-refractivity contribution in [3.05, 3.63) is 69.2 Å². The molecule has 0 atom stereocenters. The van der Waals surface area contributed by atoms with Gasteiger partial charge >= 0.3 is 0 Å². The summed E-state index contributed by atoms with van der Waals surface area (Å²) in [6.07, 6.45) is 1.16. The van der Waals surface area contributed by atoms with Gasteiger partial charge in [-0.05, 0) is 36.4 Å². The molecule has 0 spiro atoms. The van der Waals surface area contributed by atoms with Crippen LogP contribution in [0.2, 0.25) is 5.02 Å². The molecule has 0 aliphatic heterocycles. The quantitative estimate of drug-likeness (QED) is 0.287. The summed E-state index contributed by atoms with van der Waals surface area (Å²) in [4.78, 5) is 25.5. The van der Waals surface area contributed by atoms with E-state index in [-0.39, 0.29) is 18.1 Å². The predicted molar refractivity (Wildman–Crippen MR) is 101 cm³/mol. The van der Waals surface area contributed by atoms with Crippen LogP contribution in [-0.2, 0) is 11.3 Å². The molecule has 132 valence electrons. The average molecular weight is 379 g/mol. The highest BCUT2D eigenvalue weighted by Gasteiger charge is 2.16. The van der Waals surface area contributed by atoms with Gasteiger partial charge in [0.1, 0.15) is 0 Å². The molecule has 0 N–H and O–H groups in total. The van der Waals surface area contributed by atoms with Crippen molar-refractivity contribution in [2.45, 2.75) is 24.3 Å². The third kappa shape index (κ3) is 6.07. The van der Waals surface area contributed by atoms with Crippen LogP contribution in [0.3, 0.4) is 0 Å². The number of carbonyl (C=O) groups is 1. The Balaban J connectivity index is 1.78. The largest absolute Gasteiger partial charge is 0.341 e. The number of hydrogen-bond donors (Lipinski definition) is 0. The monoisotopic (exact) mass is 378 g/mol. The lowest BCUT2D eigenvalue weighted by molar-refractivity contribution is -0.385. The normalized spacial score (nSPS) is 10.5. The van der Waals surface area contributed by atoms with Gasteiger partial charge in [0.15, 0.2) is 0 Å². The molecule has 0 radical (unpaired) electrons. The van der Waals surface area contributed by atoms with Gasteiger partial charge in [0.05, 0.1) is 11.5 Å². The summed E-state index contributed by atoms with van der Waals surface area (Å²) in [5, 5.41) is 11.7. The van der Waals surface area contributed by atoms with Crippen LogP contribution in [0, 0.1) is 10.1 Å². The summed E-state index contributed by atoms with van der Waals surface area (Å²) < 4.78 is 0. The molecule has 0 unspecified atom stereocenters. The van der Waals surface area contributed by atoms with Crippen molar-refractivity contribution in [2.75, 3.05) is 12.8 Å². The van der Waals surface area contributed by atoms with Gasteiger partial charge in [-0.3, -0.25) is 14.9 Å². The highest BCUT2D eigenvalue weighted by molar-refractivity contribution is 7.99. The van der Waals surface area contributed by atoms with E-state index in [9.17, 15) is 14.9 Å². The van der Waals surface area contributed by atoms with E-state index in [4.69, 9.17) is 11.6 Å². The molecule has 2 rings (SSSR count). The van der Waals surface area contributed by atoms with Gasteiger partial charge in [0, 0.05) is 35.0 Å². The zero-order chi connectivity index (χ0) is 18.2. The van der Waals surface area contributed by atoms with Crippen LogP contribution < -0.4 is 0 Å². The minimum Gasteiger partial charge on any atom is -0.341 e. The Labute approximate surface area is 156 Å². The van der Waals surface area contributed by atoms with E-state index in [0.29, 0.717) is 17.0 Å². The molecule has 25 heavy (non-hydrogen) atoms. The summed E-state index contributed by atoms with van der Waals surface area (Å²) in [5.74, 6) is 0.807. The molecule has 0 aliphatic carbocycles. The van der Waals surface area contributed by atoms with Gasteiger partial charge in [-0.25, -0.2) is 0 Å². The first kappa shape index (κ1) is 19.3. The number of rotatable bonds is 8. The standard InChI is InChI=1S/C18H19ClN2O3S/c1-20(13-14-5-2-3-6-17(14)21(23)24)18(22)7-4-12-25-16-10-8-15(19)9-11-16/h2-3,5-6,8-11H,4,7,12-13H2,1H3. The van der Waals surface area contributed by atoms with Crippen LogP contribution in [0.4, 0.5) is 5.69 Å².